The summed E-state index contributed by atoms with van der Waals surface area (Å²) in [6, 6.07) is 0. The maximum atomic E-state index is 12.0. The molecule has 3 nitrogen and oxygen atoms in total. The predicted octanol–water partition coefficient (Wildman–Crippen LogP) is 5.60. The van der Waals surface area contributed by atoms with E-state index in [2.05, 4.69) is 20.8 Å². The summed E-state index contributed by atoms with van der Waals surface area (Å²) in [6.07, 6.45) is 12.9. The van der Waals surface area contributed by atoms with Crippen LogP contribution in [0.3, 0.4) is 0 Å². The van der Waals surface area contributed by atoms with Crippen LogP contribution in [0.15, 0.2) is 23.5 Å². The smallest absolute Gasteiger partial charge is 0.307 e. The van der Waals surface area contributed by atoms with Gasteiger partial charge in [-0.1, -0.05) is 19.4 Å². The molecule has 4 rings (SSSR count). The molecule has 6 atom stereocenters. The Morgan fingerprint density at radius 2 is 1.85 bits per heavy atom. The number of carbonyl (C=O) groups is 2. The molecule has 0 N–H and O–H groups in total. The minimum atomic E-state index is -0.232. The predicted molar refractivity (Wildman–Crippen MR) is 106 cm³/mol. The summed E-state index contributed by atoms with van der Waals surface area (Å²) in [4.78, 5) is 23.2. The third kappa shape index (κ3) is 2.93. The van der Waals surface area contributed by atoms with Crippen LogP contribution in [0.2, 0.25) is 0 Å². The molecule has 0 aromatic heterocycles. The van der Waals surface area contributed by atoms with Crippen molar-refractivity contribution >= 4 is 11.8 Å². The minimum Gasteiger partial charge on any atom is -0.435 e. The normalized spacial score (nSPS) is 44.1. The number of fused-ring (bicyclic) bond motifs is 5. The molecule has 3 fully saturated rings. The molecule has 0 unspecified atom stereocenters. The monoisotopic (exact) mass is 370 g/mol. The lowest BCUT2D eigenvalue weighted by Crippen LogP contribution is -2.50. The minimum absolute atomic E-state index is 0.232. The van der Waals surface area contributed by atoms with Crippen molar-refractivity contribution in [3.8, 4) is 0 Å². The van der Waals surface area contributed by atoms with Gasteiger partial charge >= 0.3 is 5.97 Å². The van der Waals surface area contributed by atoms with Gasteiger partial charge in [0.25, 0.3) is 0 Å². The van der Waals surface area contributed by atoms with Crippen LogP contribution >= 0.6 is 0 Å². The van der Waals surface area contributed by atoms with E-state index in [1.165, 1.54) is 50.2 Å². The Balaban J connectivity index is 1.59. The summed E-state index contributed by atoms with van der Waals surface area (Å²) in [6.45, 7) is 8.55. The van der Waals surface area contributed by atoms with Crippen molar-refractivity contribution in [1.29, 1.82) is 0 Å². The van der Waals surface area contributed by atoms with Crippen LogP contribution in [0.1, 0.15) is 79.1 Å². The fraction of sp³-hybridized carbons (Fsp3) is 0.750. The average Bonchev–Trinajstić information content (AvgIpc) is 2.97. The van der Waals surface area contributed by atoms with Gasteiger partial charge in [-0.2, -0.15) is 0 Å². The number of rotatable bonds is 2. The summed E-state index contributed by atoms with van der Waals surface area (Å²) in [5, 5.41) is 0. The zero-order chi connectivity index (χ0) is 19.4. The van der Waals surface area contributed by atoms with Crippen LogP contribution in [0, 0.1) is 34.5 Å². The Kier molecular flexibility index (Phi) is 4.63. The Hall–Kier alpha value is -1.38. The second-order valence-corrected chi connectivity index (χ2v) is 10.1. The molecule has 0 aliphatic heterocycles. The quantitative estimate of drug-likeness (QED) is 0.469. The Labute approximate surface area is 163 Å². The molecule has 3 heteroatoms. The lowest BCUT2D eigenvalue weighted by molar-refractivity contribution is -0.135. The van der Waals surface area contributed by atoms with Gasteiger partial charge in [-0.25, -0.2) is 0 Å². The van der Waals surface area contributed by atoms with Crippen molar-refractivity contribution in [3.05, 3.63) is 23.5 Å². The fourth-order valence-corrected chi connectivity index (χ4v) is 7.57. The van der Waals surface area contributed by atoms with Crippen molar-refractivity contribution in [2.24, 2.45) is 34.5 Å². The summed E-state index contributed by atoms with van der Waals surface area (Å²) < 4.78 is 5.20. The van der Waals surface area contributed by atoms with Crippen LogP contribution in [0.4, 0.5) is 0 Å². The van der Waals surface area contributed by atoms with Gasteiger partial charge in [-0.3, -0.25) is 9.59 Å². The number of hydrogen-bond acceptors (Lipinski definition) is 3. The highest BCUT2D eigenvalue weighted by atomic mass is 16.5. The molecule has 27 heavy (non-hydrogen) atoms. The van der Waals surface area contributed by atoms with Crippen LogP contribution < -0.4 is 0 Å². The lowest BCUT2D eigenvalue weighted by atomic mass is 9.46. The van der Waals surface area contributed by atoms with Crippen molar-refractivity contribution in [2.45, 2.75) is 79.1 Å². The Morgan fingerprint density at radius 1 is 1.07 bits per heavy atom. The number of esters is 1. The van der Waals surface area contributed by atoms with E-state index in [0.29, 0.717) is 17.1 Å². The highest BCUT2D eigenvalue weighted by molar-refractivity contribution is 5.91. The molecule has 3 saturated carbocycles. The van der Waals surface area contributed by atoms with Crippen molar-refractivity contribution < 1.29 is 14.3 Å². The van der Waals surface area contributed by atoms with Crippen LogP contribution in [-0.4, -0.2) is 11.8 Å². The van der Waals surface area contributed by atoms with E-state index < -0.39 is 0 Å². The lowest BCUT2D eigenvalue weighted by Gasteiger charge is -2.58. The molecular formula is C24H34O3. The second kappa shape index (κ2) is 6.60. The number of hydrogen-bond donors (Lipinski definition) is 0. The van der Waals surface area contributed by atoms with Gasteiger partial charge in [0.15, 0.2) is 5.78 Å². The van der Waals surface area contributed by atoms with E-state index in [1.807, 2.05) is 6.08 Å². The van der Waals surface area contributed by atoms with E-state index in [4.69, 9.17) is 4.74 Å². The van der Waals surface area contributed by atoms with E-state index >= 15 is 0 Å². The van der Waals surface area contributed by atoms with E-state index in [9.17, 15) is 9.59 Å². The second-order valence-electron chi connectivity index (χ2n) is 10.1. The van der Waals surface area contributed by atoms with Gasteiger partial charge in [-0.15, -0.1) is 0 Å². The van der Waals surface area contributed by atoms with Crippen molar-refractivity contribution in [2.75, 3.05) is 0 Å². The Bertz CT molecular complexity index is 717. The maximum Gasteiger partial charge on any atom is 0.307 e. The van der Waals surface area contributed by atoms with Crippen molar-refractivity contribution in [1.82, 2.24) is 0 Å². The maximum absolute atomic E-state index is 12.0. The zero-order valence-electron chi connectivity index (χ0n) is 17.3. The first-order valence-corrected chi connectivity index (χ1v) is 10.8. The van der Waals surface area contributed by atoms with Gasteiger partial charge < -0.3 is 4.74 Å². The molecule has 0 heterocycles. The molecule has 4 aliphatic rings. The van der Waals surface area contributed by atoms with Crippen LogP contribution in [0.25, 0.3) is 0 Å². The van der Waals surface area contributed by atoms with Gasteiger partial charge in [0, 0.05) is 13.3 Å². The highest BCUT2D eigenvalue weighted by Crippen LogP contribution is 2.67. The SMILES string of the molecule is CC(=O)OC=C(C)[C@H]1CC[C@H]2[C@@H]3CCC4=CC(=O)CC[C@]4(C)[C@H]3CC[C@]12C. The van der Waals surface area contributed by atoms with Gasteiger partial charge in [0.05, 0.1) is 6.26 Å². The van der Waals surface area contributed by atoms with Crippen molar-refractivity contribution in [3.63, 3.8) is 0 Å². The standard InChI is InChI=1S/C24H34O3/c1-15(14-27-16(2)25)20-7-8-21-19-6-5-17-13-18(26)9-11-23(17,3)22(19)10-12-24(20,21)4/h13-14,19-22H,5-12H2,1-4H3/t19-,20+,21-,22-,23-,24+/m0/s1. The molecule has 148 valence electrons. The zero-order valence-corrected chi connectivity index (χ0v) is 17.3. The number of ketones is 1. The van der Waals surface area contributed by atoms with Gasteiger partial charge in [0.1, 0.15) is 0 Å². The first kappa shape index (κ1) is 19.0. The number of carbonyl (C=O) groups excluding carboxylic acids is 2. The third-order valence-corrected chi connectivity index (χ3v) is 8.92. The average molecular weight is 371 g/mol. The number of allylic oxidation sites excluding steroid dienone is 2. The largest absolute Gasteiger partial charge is 0.435 e. The molecule has 0 bridgehead atoms. The topological polar surface area (TPSA) is 43.4 Å². The fourth-order valence-electron chi connectivity index (χ4n) is 7.57. The summed E-state index contributed by atoms with van der Waals surface area (Å²) in [7, 11) is 0. The first-order chi connectivity index (χ1) is 12.8. The summed E-state index contributed by atoms with van der Waals surface area (Å²) >= 11 is 0. The number of ether oxygens (including phenoxy) is 1. The van der Waals surface area contributed by atoms with Crippen LogP contribution in [-0.2, 0) is 14.3 Å². The van der Waals surface area contributed by atoms with Gasteiger partial charge in [0.2, 0.25) is 0 Å². The van der Waals surface area contributed by atoms with E-state index in [0.717, 1.165) is 37.0 Å². The summed E-state index contributed by atoms with van der Waals surface area (Å²) in [5.74, 6) is 2.92. The molecule has 0 aromatic carbocycles. The highest BCUT2D eigenvalue weighted by Gasteiger charge is 2.59. The first-order valence-electron chi connectivity index (χ1n) is 10.8. The molecule has 0 spiro atoms. The molecular weight excluding hydrogens is 336 g/mol. The molecule has 4 aliphatic carbocycles. The van der Waals surface area contributed by atoms with E-state index in [1.54, 1.807) is 6.26 Å². The molecule has 0 saturated heterocycles. The Morgan fingerprint density at radius 3 is 2.59 bits per heavy atom. The van der Waals surface area contributed by atoms with E-state index in [-0.39, 0.29) is 11.4 Å². The molecule has 0 aromatic rings. The molecule has 0 radical (unpaired) electrons. The van der Waals surface area contributed by atoms with Gasteiger partial charge in [-0.05, 0) is 98.0 Å². The van der Waals surface area contributed by atoms with Crippen LogP contribution in [0.5, 0.6) is 0 Å². The molecule has 0 amide bonds. The third-order valence-electron chi connectivity index (χ3n) is 8.92. The summed E-state index contributed by atoms with van der Waals surface area (Å²) in [5.41, 5.74) is 3.26.